The Balaban J connectivity index is 1.48. The van der Waals surface area contributed by atoms with Crippen LogP contribution in [0.2, 0.25) is 0 Å². The first-order valence-electron chi connectivity index (χ1n) is 10.7. The molecule has 0 aliphatic heterocycles. The third-order valence-corrected chi connectivity index (χ3v) is 6.82. The van der Waals surface area contributed by atoms with E-state index in [4.69, 9.17) is 4.74 Å². The summed E-state index contributed by atoms with van der Waals surface area (Å²) in [7, 11) is -3.96. The summed E-state index contributed by atoms with van der Waals surface area (Å²) < 4.78 is 33.3. The third kappa shape index (κ3) is 5.24. The molecule has 4 aromatic rings. The van der Waals surface area contributed by atoms with Gasteiger partial charge in [0.15, 0.2) is 0 Å². The highest BCUT2D eigenvalue weighted by Gasteiger charge is 2.27. The predicted molar refractivity (Wildman–Crippen MR) is 130 cm³/mol. The van der Waals surface area contributed by atoms with Gasteiger partial charge in [-0.1, -0.05) is 56.3 Å². The minimum atomic E-state index is -3.96. The van der Waals surface area contributed by atoms with E-state index in [1.807, 2.05) is 60.7 Å². The van der Waals surface area contributed by atoms with E-state index in [1.165, 1.54) is 12.1 Å². The molecular weight excluding hydrogens is 452 g/mol. The largest absolute Gasteiger partial charge is 0.480 e. The first-order valence-corrected chi connectivity index (χ1v) is 12.2. The fraction of sp³-hybridized carbons (Fsp3) is 0.154. The number of aliphatic carboxylic acids is 1. The smallest absolute Gasteiger partial charge is 0.322 e. The number of fused-ring (bicyclic) bond motifs is 1. The van der Waals surface area contributed by atoms with E-state index in [1.54, 1.807) is 26.0 Å². The molecule has 3 aromatic carbocycles. The van der Waals surface area contributed by atoms with Gasteiger partial charge in [-0.15, -0.1) is 0 Å². The summed E-state index contributed by atoms with van der Waals surface area (Å²) in [6.07, 6.45) is 0. The monoisotopic (exact) mass is 476 g/mol. The molecule has 174 valence electrons. The number of nitrogens with one attached hydrogen (secondary N) is 1. The lowest BCUT2D eigenvalue weighted by atomic mass is 10.1. The van der Waals surface area contributed by atoms with Crippen LogP contribution in [-0.4, -0.2) is 30.5 Å². The molecule has 1 atom stereocenters. The van der Waals surface area contributed by atoms with Crippen molar-refractivity contribution in [1.82, 2.24) is 9.71 Å². The first-order chi connectivity index (χ1) is 16.2. The zero-order valence-corrected chi connectivity index (χ0v) is 19.5. The Morgan fingerprint density at radius 2 is 1.50 bits per heavy atom. The van der Waals surface area contributed by atoms with Gasteiger partial charge in [0.2, 0.25) is 15.9 Å². The van der Waals surface area contributed by atoms with Crippen molar-refractivity contribution in [3.63, 3.8) is 0 Å². The number of carboxylic acids is 1. The van der Waals surface area contributed by atoms with Crippen molar-refractivity contribution in [2.45, 2.75) is 24.8 Å². The van der Waals surface area contributed by atoms with Crippen molar-refractivity contribution in [2.24, 2.45) is 5.92 Å². The van der Waals surface area contributed by atoms with Crippen LogP contribution in [0.5, 0.6) is 11.6 Å². The number of pyridine rings is 1. The number of hydrogen-bond donors (Lipinski definition) is 2. The van der Waals surface area contributed by atoms with Gasteiger partial charge in [0.1, 0.15) is 11.8 Å². The number of carbonyl (C=O) groups is 1. The van der Waals surface area contributed by atoms with Crippen LogP contribution in [0.15, 0.2) is 89.8 Å². The molecule has 0 aliphatic rings. The zero-order chi connectivity index (χ0) is 24.3. The number of sulfonamides is 1. The molecular formula is C26H24N2O5S. The lowest BCUT2D eigenvalue weighted by Gasteiger charge is -2.18. The highest BCUT2D eigenvalue weighted by molar-refractivity contribution is 7.89. The molecule has 0 amide bonds. The summed E-state index contributed by atoms with van der Waals surface area (Å²) in [5.41, 5.74) is 2.54. The minimum absolute atomic E-state index is 0.00508. The molecule has 4 rings (SSSR count). The van der Waals surface area contributed by atoms with Gasteiger partial charge in [-0.3, -0.25) is 4.79 Å². The summed E-state index contributed by atoms with van der Waals surface area (Å²) in [6, 6.07) is 24.0. The Morgan fingerprint density at radius 3 is 2.12 bits per heavy atom. The minimum Gasteiger partial charge on any atom is -0.480 e. The maximum absolute atomic E-state index is 12.6. The summed E-state index contributed by atoms with van der Waals surface area (Å²) in [5, 5.41) is 10.3. The van der Waals surface area contributed by atoms with Crippen molar-refractivity contribution in [1.29, 1.82) is 0 Å². The van der Waals surface area contributed by atoms with Gasteiger partial charge >= 0.3 is 5.97 Å². The Morgan fingerprint density at radius 1 is 0.882 bits per heavy atom. The number of aromatic nitrogens is 1. The number of rotatable bonds is 8. The van der Waals surface area contributed by atoms with E-state index >= 15 is 0 Å². The van der Waals surface area contributed by atoms with E-state index in [0.29, 0.717) is 11.6 Å². The van der Waals surface area contributed by atoms with E-state index < -0.39 is 28.0 Å². The predicted octanol–water partition coefficient (Wildman–Crippen LogP) is 5.08. The molecule has 0 fully saturated rings. The van der Waals surface area contributed by atoms with Gasteiger partial charge in [0.05, 0.1) is 10.4 Å². The summed E-state index contributed by atoms with van der Waals surface area (Å²) in [6.45, 7) is 3.29. The summed E-state index contributed by atoms with van der Waals surface area (Å²) in [4.78, 5) is 15.9. The summed E-state index contributed by atoms with van der Waals surface area (Å²) in [5.74, 6) is -0.480. The van der Waals surface area contributed by atoms with Gasteiger partial charge in [-0.05, 0) is 53.4 Å². The molecule has 0 bridgehead atoms. The van der Waals surface area contributed by atoms with Crippen molar-refractivity contribution < 1.29 is 23.1 Å². The van der Waals surface area contributed by atoms with E-state index in [2.05, 4.69) is 9.71 Å². The number of nitrogens with zero attached hydrogens (tertiary/aromatic N) is 1. The van der Waals surface area contributed by atoms with Gasteiger partial charge in [0, 0.05) is 11.5 Å². The summed E-state index contributed by atoms with van der Waals surface area (Å²) >= 11 is 0. The van der Waals surface area contributed by atoms with Gasteiger partial charge in [-0.25, -0.2) is 13.4 Å². The van der Waals surface area contributed by atoms with Crippen molar-refractivity contribution >= 4 is 26.9 Å². The molecule has 0 aliphatic carbocycles. The quantitative estimate of drug-likeness (QED) is 0.367. The van der Waals surface area contributed by atoms with Crippen LogP contribution >= 0.6 is 0 Å². The number of para-hydroxylation sites is 1. The van der Waals surface area contributed by atoms with Crippen molar-refractivity contribution in [2.75, 3.05) is 0 Å². The third-order valence-electron chi connectivity index (χ3n) is 5.36. The molecule has 8 heteroatoms. The highest BCUT2D eigenvalue weighted by atomic mass is 32.2. The maximum Gasteiger partial charge on any atom is 0.322 e. The number of hydrogen-bond acceptors (Lipinski definition) is 5. The number of benzene rings is 3. The molecule has 1 aromatic heterocycles. The van der Waals surface area contributed by atoms with Crippen LogP contribution in [0.25, 0.3) is 22.0 Å². The van der Waals surface area contributed by atoms with Crippen LogP contribution < -0.4 is 9.46 Å². The molecule has 0 spiro atoms. The average molecular weight is 477 g/mol. The van der Waals surface area contributed by atoms with E-state index in [-0.39, 0.29) is 4.90 Å². The lowest BCUT2D eigenvalue weighted by Crippen LogP contribution is -2.44. The van der Waals surface area contributed by atoms with Crippen LogP contribution in [0.1, 0.15) is 13.8 Å². The van der Waals surface area contributed by atoms with Crippen molar-refractivity contribution in [3.05, 3.63) is 84.9 Å². The normalized spacial score (nSPS) is 12.6. The van der Waals surface area contributed by atoms with Crippen LogP contribution in [0.3, 0.4) is 0 Å². The maximum atomic E-state index is 12.6. The van der Waals surface area contributed by atoms with Crippen LogP contribution in [-0.2, 0) is 14.8 Å². The fourth-order valence-electron chi connectivity index (χ4n) is 3.47. The van der Waals surface area contributed by atoms with Gasteiger partial charge < -0.3 is 9.84 Å². The lowest BCUT2D eigenvalue weighted by molar-refractivity contribution is -0.140. The first kappa shape index (κ1) is 23.4. The SMILES string of the molecule is CC(C)[C@@H](NS(=O)(=O)c1ccc(-c2ccc(Oc3ccc4ccccc4n3)cc2)cc1)C(=O)O. The van der Waals surface area contributed by atoms with E-state index in [9.17, 15) is 18.3 Å². The highest BCUT2D eigenvalue weighted by Crippen LogP contribution is 2.27. The number of ether oxygens (including phenoxy) is 1. The number of carboxylic acid groups (broad SMARTS) is 1. The molecule has 2 N–H and O–H groups in total. The topological polar surface area (TPSA) is 106 Å². The zero-order valence-electron chi connectivity index (χ0n) is 18.7. The Hall–Kier alpha value is -3.75. The van der Waals surface area contributed by atoms with Crippen molar-refractivity contribution in [3.8, 4) is 22.8 Å². The molecule has 34 heavy (non-hydrogen) atoms. The second kappa shape index (κ2) is 9.62. The average Bonchev–Trinajstić information content (AvgIpc) is 2.83. The molecule has 0 radical (unpaired) electrons. The molecule has 1 heterocycles. The molecule has 7 nitrogen and oxygen atoms in total. The van der Waals surface area contributed by atoms with Crippen LogP contribution in [0.4, 0.5) is 0 Å². The Bertz CT molecular complexity index is 1420. The standard InChI is InChI=1S/C26H24N2O5S/c1-17(2)25(26(29)30)28-34(31,32)22-14-9-19(10-15-22)18-7-12-21(13-8-18)33-24-16-11-20-5-3-4-6-23(20)27-24/h3-17,25,28H,1-2H3,(H,29,30)/t25-/m1/s1. The van der Waals surface area contributed by atoms with Gasteiger partial charge in [0.25, 0.3) is 0 Å². The Labute approximate surface area is 198 Å². The van der Waals surface area contributed by atoms with Crippen LogP contribution in [0, 0.1) is 5.92 Å². The molecule has 0 saturated carbocycles. The second-order valence-corrected chi connectivity index (χ2v) is 9.89. The van der Waals surface area contributed by atoms with Gasteiger partial charge in [-0.2, -0.15) is 4.72 Å². The Kier molecular flexibility index (Phi) is 6.63. The fourth-order valence-corrected chi connectivity index (χ4v) is 4.81. The second-order valence-electron chi connectivity index (χ2n) is 8.17. The molecule has 0 saturated heterocycles. The molecule has 0 unspecified atom stereocenters. The van der Waals surface area contributed by atoms with E-state index in [0.717, 1.165) is 22.0 Å².